The molecule has 0 aliphatic rings. The third kappa shape index (κ3) is 4.74. The van der Waals surface area contributed by atoms with Crippen molar-refractivity contribution < 1.29 is 0 Å². The lowest BCUT2D eigenvalue weighted by Gasteiger charge is -2.32. The summed E-state index contributed by atoms with van der Waals surface area (Å²) in [5, 5.41) is 0.945. The molecular formula is C31H36N4O. The van der Waals surface area contributed by atoms with Crippen LogP contribution in [0.5, 0.6) is 0 Å². The highest BCUT2D eigenvalue weighted by molar-refractivity contribution is 5.93. The average Bonchev–Trinajstić information content (AvgIpc) is 3.39. The van der Waals surface area contributed by atoms with Gasteiger partial charge in [0.05, 0.1) is 28.6 Å². The minimum absolute atomic E-state index is 0.262. The second-order valence-corrected chi connectivity index (χ2v) is 8.28. The third-order valence-electron chi connectivity index (χ3n) is 6.41. The summed E-state index contributed by atoms with van der Waals surface area (Å²) in [5.74, 6) is 0. The fraction of sp³-hybridized carbons (Fsp3) is 0.258. The van der Waals surface area contributed by atoms with Gasteiger partial charge in [-0.2, -0.15) is 4.98 Å². The zero-order valence-corrected chi connectivity index (χ0v) is 22.4. The summed E-state index contributed by atoms with van der Waals surface area (Å²) in [6.45, 7) is 10.2. The van der Waals surface area contributed by atoms with Crippen molar-refractivity contribution in [3.63, 3.8) is 0 Å². The summed E-state index contributed by atoms with van der Waals surface area (Å²) in [6.07, 6.45) is 3.76. The summed E-state index contributed by atoms with van der Waals surface area (Å²) in [6, 6.07) is 26.6. The van der Waals surface area contributed by atoms with Crippen LogP contribution in [0.4, 0.5) is 0 Å². The van der Waals surface area contributed by atoms with Gasteiger partial charge in [-0.15, -0.1) is 0 Å². The van der Waals surface area contributed by atoms with Crippen LogP contribution in [0, 0.1) is 0 Å². The molecule has 1 atom stereocenters. The highest BCUT2D eigenvalue weighted by atomic mass is 16.1. The monoisotopic (exact) mass is 480 g/mol. The highest BCUT2D eigenvalue weighted by Crippen LogP contribution is 2.40. The second kappa shape index (κ2) is 11.6. The van der Waals surface area contributed by atoms with Crippen molar-refractivity contribution in [1.82, 2.24) is 19.1 Å². The zero-order valence-electron chi connectivity index (χ0n) is 22.4. The van der Waals surface area contributed by atoms with Crippen molar-refractivity contribution >= 4 is 10.9 Å². The number of nitrogens with zero attached hydrogens (tertiary/aromatic N) is 4. The number of rotatable bonds is 4. The van der Waals surface area contributed by atoms with Gasteiger partial charge in [0.25, 0.3) is 0 Å². The van der Waals surface area contributed by atoms with Crippen molar-refractivity contribution in [3.05, 3.63) is 119 Å². The van der Waals surface area contributed by atoms with E-state index in [0.29, 0.717) is 5.69 Å². The van der Waals surface area contributed by atoms with Gasteiger partial charge in [0, 0.05) is 31.2 Å². The van der Waals surface area contributed by atoms with E-state index in [1.54, 1.807) is 11.6 Å². The van der Waals surface area contributed by atoms with E-state index < -0.39 is 5.41 Å². The SMILES string of the molecule is CC.CC.Cn1cncc1C(C)(c1ccccc1)c1ccc2c(c1)c(-c1ccccc1)nc(=O)n2C. The first-order valence-corrected chi connectivity index (χ1v) is 12.6. The number of benzene rings is 3. The molecular weight excluding hydrogens is 444 g/mol. The smallest absolute Gasteiger partial charge is 0.337 e. The maximum atomic E-state index is 12.6. The first-order chi connectivity index (χ1) is 17.5. The van der Waals surface area contributed by atoms with Crippen molar-refractivity contribution in [1.29, 1.82) is 0 Å². The van der Waals surface area contributed by atoms with Gasteiger partial charge >= 0.3 is 5.69 Å². The molecule has 3 aromatic carbocycles. The molecule has 0 amide bonds. The Balaban J connectivity index is 0.000000861. The molecule has 0 aliphatic carbocycles. The van der Waals surface area contributed by atoms with Gasteiger partial charge in [0.15, 0.2) is 0 Å². The van der Waals surface area contributed by atoms with Crippen LogP contribution < -0.4 is 5.69 Å². The van der Waals surface area contributed by atoms with Crippen LogP contribution in [-0.2, 0) is 19.5 Å². The van der Waals surface area contributed by atoms with Gasteiger partial charge in [-0.1, -0.05) is 94.4 Å². The molecule has 2 aromatic heterocycles. The van der Waals surface area contributed by atoms with Gasteiger partial charge in [-0.3, -0.25) is 4.57 Å². The van der Waals surface area contributed by atoms with E-state index in [9.17, 15) is 4.79 Å². The second-order valence-electron chi connectivity index (χ2n) is 8.28. The number of fused-ring (bicyclic) bond motifs is 1. The summed E-state index contributed by atoms with van der Waals surface area (Å²) in [5.41, 5.74) is 5.14. The molecule has 5 nitrogen and oxygen atoms in total. The van der Waals surface area contributed by atoms with Crippen LogP contribution in [0.15, 0.2) is 96.2 Å². The summed E-state index contributed by atoms with van der Waals surface area (Å²) >= 11 is 0. The number of hydrogen-bond donors (Lipinski definition) is 0. The van der Waals surface area contributed by atoms with Crippen LogP contribution in [0.2, 0.25) is 0 Å². The zero-order chi connectivity index (χ0) is 26.3. The highest BCUT2D eigenvalue weighted by Gasteiger charge is 2.34. The molecule has 0 spiro atoms. The number of imidazole rings is 1. The van der Waals surface area contributed by atoms with Crippen molar-refractivity contribution in [3.8, 4) is 11.3 Å². The molecule has 36 heavy (non-hydrogen) atoms. The molecule has 0 fully saturated rings. The van der Waals surface area contributed by atoms with Crippen LogP contribution in [0.1, 0.15) is 51.4 Å². The van der Waals surface area contributed by atoms with E-state index in [4.69, 9.17) is 0 Å². The molecule has 5 rings (SSSR count). The van der Waals surface area contributed by atoms with Crippen LogP contribution in [-0.4, -0.2) is 19.1 Å². The van der Waals surface area contributed by atoms with E-state index in [0.717, 1.165) is 27.7 Å². The molecule has 186 valence electrons. The van der Waals surface area contributed by atoms with E-state index in [1.807, 2.05) is 89.7 Å². The summed E-state index contributed by atoms with van der Waals surface area (Å²) < 4.78 is 3.67. The molecule has 1 unspecified atom stereocenters. The fourth-order valence-corrected chi connectivity index (χ4v) is 4.55. The number of hydrogen-bond acceptors (Lipinski definition) is 3. The standard InChI is InChI=1S/C27H24N4O.2C2H6/c1-27(20-12-8-5-9-13-20,24-17-28-18-30(24)2)21-14-15-23-22(16-21)25(29-26(32)31(23)3)19-10-6-4-7-11-19;2*1-2/h4-18H,1-3H3;2*1-2H3. The molecule has 0 radical (unpaired) electrons. The first-order valence-electron chi connectivity index (χ1n) is 12.6. The van der Waals surface area contributed by atoms with Gasteiger partial charge in [0.2, 0.25) is 0 Å². The van der Waals surface area contributed by atoms with Crippen LogP contribution in [0.3, 0.4) is 0 Å². The predicted octanol–water partition coefficient (Wildman–Crippen LogP) is 6.74. The van der Waals surface area contributed by atoms with Gasteiger partial charge < -0.3 is 4.57 Å². The van der Waals surface area contributed by atoms with E-state index in [1.165, 1.54) is 5.56 Å². The first kappa shape index (κ1) is 26.6. The lowest BCUT2D eigenvalue weighted by atomic mass is 9.73. The van der Waals surface area contributed by atoms with Crippen LogP contribution in [0.25, 0.3) is 22.2 Å². The van der Waals surface area contributed by atoms with E-state index in [-0.39, 0.29) is 5.69 Å². The maximum Gasteiger partial charge on any atom is 0.348 e. The summed E-state index contributed by atoms with van der Waals surface area (Å²) in [4.78, 5) is 21.4. The van der Waals surface area contributed by atoms with Crippen molar-refractivity contribution in [2.24, 2.45) is 14.1 Å². The molecule has 5 aromatic rings. The number of aryl methyl sites for hydroxylation is 2. The van der Waals surface area contributed by atoms with Crippen LogP contribution >= 0.6 is 0 Å². The van der Waals surface area contributed by atoms with Crippen molar-refractivity contribution in [2.45, 2.75) is 40.0 Å². The largest absolute Gasteiger partial charge is 0.348 e. The Bertz CT molecular complexity index is 1470. The third-order valence-corrected chi connectivity index (χ3v) is 6.41. The summed E-state index contributed by atoms with van der Waals surface area (Å²) in [7, 11) is 3.79. The Morgan fingerprint density at radius 1 is 0.778 bits per heavy atom. The lowest BCUT2D eigenvalue weighted by molar-refractivity contribution is 0.626. The van der Waals surface area contributed by atoms with E-state index >= 15 is 0 Å². The Labute approximate surface area is 214 Å². The van der Waals surface area contributed by atoms with Gasteiger partial charge in [0.1, 0.15) is 0 Å². The molecule has 2 heterocycles. The Hall–Kier alpha value is -3.99. The minimum atomic E-state index is -0.441. The Morgan fingerprint density at radius 2 is 1.39 bits per heavy atom. The molecule has 0 saturated carbocycles. The van der Waals surface area contributed by atoms with Gasteiger partial charge in [-0.05, 0) is 30.2 Å². The normalized spacial score (nSPS) is 12.1. The molecule has 0 aliphatic heterocycles. The molecule has 0 saturated heterocycles. The quantitative estimate of drug-likeness (QED) is 0.286. The fourth-order valence-electron chi connectivity index (χ4n) is 4.55. The van der Waals surface area contributed by atoms with Gasteiger partial charge in [-0.25, -0.2) is 9.78 Å². The minimum Gasteiger partial charge on any atom is -0.337 e. The average molecular weight is 481 g/mol. The molecule has 0 N–H and O–H groups in total. The van der Waals surface area contributed by atoms with Crippen molar-refractivity contribution in [2.75, 3.05) is 0 Å². The number of aromatic nitrogens is 4. The predicted molar refractivity (Wildman–Crippen MR) is 150 cm³/mol. The Morgan fingerprint density at radius 3 is 1.97 bits per heavy atom. The topological polar surface area (TPSA) is 52.7 Å². The maximum absolute atomic E-state index is 12.6. The van der Waals surface area contributed by atoms with E-state index in [2.05, 4.69) is 57.9 Å². The Kier molecular flexibility index (Phi) is 8.59. The molecule has 5 heteroatoms. The molecule has 0 bridgehead atoms. The lowest BCUT2D eigenvalue weighted by Crippen LogP contribution is -2.28.